The largest absolute Gasteiger partial charge is 0.508 e. The zero-order valence-electron chi connectivity index (χ0n) is 11.0. The maximum atomic E-state index is 9.41. The van der Waals surface area contributed by atoms with Gasteiger partial charge in [0.25, 0.3) is 0 Å². The van der Waals surface area contributed by atoms with E-state index in [1.54, 1.807) is 30.3 Å². The molecule has 0 heterocycles. The minimum Gasteiger partial charge on any atom is -0.508 e. The summed E-state index contributed by atoms with van der Waals surface area (Å²) in [6.45, 7) is 0.0473. The number of aromatic hydroxyl groups is 1. The van der Waals surface area contributed by atoms with E-state index in [-0.39, 0.29) is 19.0 Å². The van der Waals surface area contributed by atoms with Gasteiger partial charge in [-0.3, -0.25) is 0 Å². The van der Waals surface area contributed by atoms with Gasteiger partial charge in [-0.25, -0.2) is 0 Å². The fourth-order valence-electron chi connectivity index (χ4n) is 1.86. The Hall–Kier alpha value is -1.91. The van der Waals surface area contributed by atoms with E-state index < -0.39 is 0 Å². The molecule has 0 radical (unpaired) electrons. The van der Waals surface area contributed by atoms with Crippen molar-refractivity contribution in [2.45, 2.75) is 13.2 Å². The predicted octanol–water partition coefficient (Wildman–Crippen LogP) is 3.13. The fraction of sp³-hybridized carbons (Fsp3) is 0.200. The molecule has 4 nitrogen and oxygen atoms in total. The molecule has 0 atom stereocenters. The van der Waals surface area contributed by atoms with Gasteiger partial charge in [-0.05, 0) is 23.8 Å². The zero-order chi connectivity index (χ0) is 14.5. The zero-order valence-corrected chi connectivity index (χ0v) is 11.7. The molecular weight excluding hydrogens is 280 g/mol. The second-order valence-electron chi connectivity index (χ2n) is 4.21. The number of aliphatic hydroxyl groups excluding tert-OH is 1. The molecule has 0 saturated heterocycles. The van der Waals surface area contributed by atoms with Crippen LogP contribution >= 0.6 is 11.6 Å². The summed E-state index contributed by atoms with van der Waals surface area (Å²) in [4.78, 5) is 0. The second-order valence-corrected chi connectivity index (χ2v) is 4.65. The topological polar surface area (TPSA) is 58.9 Å². The van der Waals surface area contributed by atoms with Gasteiger partial charge in [-0.2, -0.15) is 0 Å². The van der Waals surface area contributed by atoms with Gasteiger partial charge in [0.2, 0.25) is 0 Å². The number of methoxy groups -OCH3 is 1. The van der Waals surface area contributed by atoms with Crippen LogP contribution in [0.1, 0.15) is 11.1 Å². The molecule has 0 saturated carbocycles. The first-order valence-electron chi connectivity index (χ1n) is 6.02. The van der Waals surface area contributed by atoms with Crippen LogP contribution in [0.25, 0.3) is 0 Å². The molecule has 106 valence electrons. The number of hydrogen-bond acceptors (Lipinski definition) is 4. The standard InChI is InChI=1S/C15H15ClO4/c1-19-14-7-12(16)6-11(8-17)15(14)20-9-10-3-2-4-13(18)5-10/h2-7,17-18H,8-9H2,1H3. The summed E-state index contributed by atoms with van der Waals surface area (Å²) in [6, 6.07) is 10.0. The Morgan fingerprint density at radius 3 is 2.65 bits per heavy atom. The minimum atomic E-state index is -0.202. The molecule has 0 aliphatic rings. The predicted molar refractivity (Wildman–Crippen MR) is 76.4 cm³/mol. The Labute approximate surface area is 122 Å². The smallest absolute Gasteiger partial charge is 0.167 e. The van der Waals surface area contributed by atoms with Crippen molar-refractivity contribution in [2.24, 2.45) is 0 Å². The van der Waals surface area contributed by atoms with E-state index in [9.17, 15) is 10.2 Å². The molecule has 0 fully saturated rings. The van der Waals surface area contributed by atoms with Gasteiger partial charge < -0.3 is 19.7 Å². The molecule has 0 aliphatic carbocycles. The number of phenolic OH excluding ortho intramolecular Hbond substituents is 1. The molecular formula is C15H15ClO4. The number of hydrogen-bond donors (Lipinski definition) is 2. The molecule has 0 unspecified atom stereocenters. The minimum absolute atomic E-state index is 0.177. The summed E-state index contributed by atoms with van der Waals surface area (Å²) in [5.41, 5.74) is 1.36. The van der Waals surface area contributed by atoms with Crippen molar-refractivity contribution in [3.63, 3.8) is 0 Å². The van der Waals surface area contributed by atoms with Gasteiger partial charge in [0.1, 0.15) is 12.4 Å². The van der Waals surface area contributed by atoms with Crippen molar-refractivity contribution in [2.75, 3.05) is 7.11 Å². The molecule has 2 aromatic rings. The highest BCUT2D eigenvalue weighted by Gasteiger charge is 2.12. The average Bonchev–Trinajstić information content (AvgIpc) is 2.45. The summed E-state index contributed by atoms with van der Waals surface area (Å²) in [7, 11) is 1.51. The first kappa shape index (κ1) is 14.5. The summed E-state index contributed by atoms with van der Waals surface area (Å²) >= 11 is 5.94. The Balaban J connectivity index is 2.24. The Morgan fingerprint density at radius 1 is 1.20 bits per heavy atom. The second kappa shape index (κ2) is 6.50. The van der Waals surface area contributed by atoms with Gasteiger partial charge >= 0.3 is 0 Å². The van der Waals surface area contributed by atoms with Gasteiger partial charge in [-0.15, -0.1) is 0 Å². The Kier molecular flexibility index (Phi) is 4.71. The quantitative estimate of drug-likeness (QED) is 0.889. The maximum absolute atomic E-state index is 9.41. The monoisotopic (exact) mass is 294 g/mol. The maximum Gasteiger partial charge on any atom is 0.167 e. The molecule has 0 aliphatic heterocycles. The summed E-state index contributed by atoms with van der Waals surface area (Å²) in [6.07, 6.45) is 0. The van der Waals surface area contributed by atoms with Crippen molar-refractivity contribution in [1.29, 1.82) is 0 Å². The molecule has 0 bridgehead atoms. The van der Waals surface area contributed by atoms with E-state index in [2.05, 4.69) is 0 Å². The highest BCUT2D eigenvalue weighted by atomic mass is 35.5. The van der Waals surface area contributed by atoms with Gasteiger partial charge in [0, 0.05) is 16.7 Å². The van der Waals surface area contributed by atoms with Crippen molar-refractivity contribution in [3.05, 3.63) is 52.5 Å². The summed E-state index contributed by atoms with van der Waals surface area (Å²) in [5, 5.41) is 19.2. The molecule has 2 aromatic carbocycles. The molecule has 5 heteroatoms. The lowest BCUT2D eigenvalue weighted by Gasteiger charge is -2.14. The van der Waals surface area contributed by atoms with Crippen LogP contribution in [0, 0.1) is 0 Å². The average molecular weight is 295 g/mol. The Bertz CT molecular complexity index is 573. The van der Waals surface area contributed by atoms with Gasteiger partial charge in [0.15, 0.2) is 11.5 Å². The third kappa shape index (κ3) is 3.35. The van der Waals surface area contributed by atoms with E-state index in [0.717, 1.165) is 5.56 Å². The molecule has 2 rings (SSSR count). The third-order valence-corrected chi connectivity index (χ3v) is 3.00. The number of aliphatic hydroxyl groups is 1. The van der Waals surface area contributed by atoms with Gasteiger partial charge in [0.05, 0.1) is 13.7 Å². The first-order valence-corrected chi connectivity index (χ1v) is 6.40. The summed E-state index contributed by atoms with van der Waals surface area (Å²) in [5.74, 6) is 1.08. The fourth-order valence-corrected chi connectivity index (χ4v) is 2.09. The SMILES string of the molecule is COc1cc(Cl)cc(CO)c1OCc1cccc(O)c1. The highest BCUT2D eigenvalue weighted by molar-refractivity contribution is 6.30. The van der Waals surface area contributed by atoms with Crippen LogP contribution in [-0.4, -0.2) is 17.3 Å². The molecule has 20 heavy (non-hydrogen) atoms. The molecule has 2 N–H and O–H groups in total. The lowest BCUT2D eigenvalue weighted by Crippen LogP contribution is -2.01. The van der Waals surface area contributed by atoms with Crippen molar-refractivity contribution >= 4 is 11.6 Å². The van der Waals surface area contributed by atoms with Crippen molar-refractivity contribution in [3.8, 4) is 17.2 Å². The van der Waals surface area contributed by atoms with E-state index in [1.165, 1.54) is 7.11 Å². The number of halogens is 1. The molecule has 0 amide bonds. The van der Waals surface area contributed by atoms with Crippen molar-refractivity contribution < 1.29 is 19.7 Å². The van der Waals surface area contributed by atoms with E-state index in [0.29, 0.717) is 22.1 Å². The van der Waals surface area contributed by atoms with Crippen LogP contribution in [0.15, 0.2) is 36.4 Å². The molecule has 0 spiro atoms. The highest BCUT2D eigenvalue weighted by Crippen LogP contribution is 2.35. The Morgan fingerprint density at radius 2 is 2.00 bits per heavy atom. The van der Waals surface area contributed by atoms with E-state index >= 15 is 0 Å². The van der Waals surface area contributed by atoms with Gasteiger partial charge in [-0.1, -0.05) is 23.7 Å². The normalized spacial score (nSPS) is 10.3. The van der Waals surface area contributed by atoms with Crippen LogP contribution in [0.5, 0.6) is 17.2 Å². The number of phenols is 1. The third-order valence-electron chi connectivity index (χ3n) is 2.78. The lowest BCUT2D eigenvalue weighted by molar-refractivity contribution is 0.249. The number of ether oxygens (including phenoxy) is 2. The van der Waals surface area contributed by atoms with E-state index in [1.807, 2.05) is 6.07 Å². The van der Waals surface area contributed by atoms with Crippen LogP contribution < -0.4 is 9.47 Å². The van der Waals surface area contributed by atoms with Crippen molar-refractivity contribution in [1.82, 2.24) is 0 Å². The van der Waals surface area contributed by atoms with Crippen LogP contribution in [0.3, 0.4) is 0 Å². The van der Waals surface area contributed by atoms with E-state index in [4.69, 9.17) is 21.1 Å². The molecule has 0 aromatic heterocycles. The van der Waals surface area contributed by atoms with Crippen LogP contribution in [0.4, 0.5) is 0 Å². The van der Waals surface area contributed by atoms with Crippen LogP contribution in [-0.2, 0) is 13.2 Å². The number of benzene rings is 2. The lowest BCUT2D eigenvalue weighted by atomic mass is 10.2. The first-order chi connectivity index (χ1) is 9.63. The number of rotatable bonds is 5. The van der Waals surface area contributed by atoms with Crippen LogP contribution in [0.2, 0.25) is 5.02 Å². The summed E-state index contributed by atoms with van der Waals surface area (Å²) < 4.78 is 10.9.